The van der Waals surface area contributed by atoms with E-state index in [0.717, 1.165) is 45.2 Å². The SMILES string of the molecule is O=C(NC1CC1)N1CCC2(CCC(=O)N2Cc2ccccc2)CC1. The molecule has 3 fully saturated rings. The fourth-order valence-electron chi connectivity index (χ4n) is 4.04. The Labute approximate surface area is 143 Å². The number of nitrogens with zero attached hydrogens (tertiary/aromatic N) is 2. The zero-order chi connectivity index (χ0) is 16.6. The summed E-state index contributed by atoms with van der Waals surface area (Å²) in [7, 11) is 0. The van der Waals surface area contributed by atoms with Crippen LogP contribution >= 0.6 is 0 Å². The van der Waals surface area contributed by atoms with Crippen LogP contribution in [0, 0.1) is 0 Å². The van der Waals surface area contributed by atoms with Crippen LogP contribution in [0.5, 0.6) is 0 Å². The molecule has 5 heteroatoms. The molecule has 4 rings (SSSR count). The van der Waals surface area contributed by atoms with Crippen LogP contribution in [-0.2, 0) is 11.3 Å². The summed E-state index contributed by atoms with van der Waals surface area (Å²) in [6.45, 7) is 2.18. The summed E-state index contributed by atoms with van der Waals surface area (Å²) in [5.41, 5.74) is 1.13. The second-order valence-electron chi connectivity index (χ2n) is 7.40. The number of amides is 3. The smallest absolute Gasteiger partial charge is 0.317 e. The summed E-state index contributed by atoms with van der Waals surface area (Å²) >= 11 is 0. The first-order valence-corrected chi connectivity index (χ1v) is 9.06. The standard InChI is InChI=1S/C19H25N3O2/c23-17-8-9-19(22(17)14-15-4-2-1-3-5-15)10-12-21(13-11-19)18(24)20-16-6-7-16/h1-5,16H,6-14H2,(H,20,24). The van der Waals surface area contributed by atoms with Crippen LogP contribution in [-0.4, -0.2) is 46.4 Å². The maximum atomic E-state index is 12.5. The Morgan fingerprint density at radius 3 is 2.50 bits per heavy atom. The van der Waals surface area contributed by atoms with Crippen molar-refractivity contribution in [3.8, 4) is 0 Å². The highest BCUT2D eigenvalue weighted by molar-refractivity contribution is 5.80. The number of benzene rings is 1. The van der Waals surface area contributed by atoms with Crippen molar-refractivity contribution in [1.82, 2.24) is 15.1 Å². The molecule has 1 N–H and O–H groups in total. The number of likely N-dealkylation sites (tertiary alicyclic amines) is 2. The molecule has 0 unspecified atom stereocenters. The number of hydrogen-bond donors (Lipinski definition) is 1. The lowest BCUT2D eigenvalue weighted by atomic mass is 9.85. The minimum Gasteiger partial charge on any atom is -0.335 e. The van der Waals surface area contributed by atoms with Gasteiger partial charge in [0.2, 0.25) is 5.91 Å². The fourth-order valence-corrected chi connectivity index (χ4v) is 4.04. The summed E-state index contributed by atoms with van der Waals surface area (Å²) in [4.78, 5) is 28.7. The van der Waals surface area contributed by atoms with Gasteiger partial charge in [-0.15, -0.1) is 0 Å². The minimum atomic E-state index is -0.0523. The number of hydrogen-bond acceptors (Lipinski definition) is 2. The predicted octanol–water partition coefficient (Wildman–Crippen LogP) is 2.52. The molecule has 1 aromatic rings. The van der Waals surface area contributed by atoms with Crippen LogP contribution in [0.25, 0.3) is 0 Å². The van der Waals surface area contributed by atoms with Gasteiger partial charge in [0.05, 0.1) is 0 Å². The van der Waals surface area contributed by atoms with Crippen molar-refractivity contribution in [1.29, 1.82) is 0 Å². The number of piperidine rings is 1. The fraction of sp³-hybridized carbons (Fsp3) is 0.579. The normalized spacial score (nSPS) is 22.9. The highest BCUT2D eigenvalue weighted by Crippen LogP contribution is 2.40. The first kappa shape index (κ1) is 15.5. The Morgan fingerprint density at radius 1 is 1.12 bits per heavy atom. The number of rotatable bonds is 3. The van der Waals surface area contributed by atoms with E-state index in [4.69, 9.17) is 0 Å². The molecule has 0 bridgehead atoms. The molecule has 0 atom stereocenters. The van der Waals surface area contributed by atoms with Crippen LogP contribution in [0.4, 0.5) is 4.79 Å². The van der Waals surface area contributed by atoms with Crippen molar-refractivity contribution in [3.05, 3.63) is 35.9 Å². The second kappa shape index (κ2) is 6.11. The van der Waals surface area contributed by atoms with Crippen molar-refractivity contribution in [2.45, 2.75) is 56.7 Å². The van der Waals surface area contributed by atoms with E-state index < -0.39 is 0 Å². The summed E-state index contributed by atoms with van der Waals surface area (Å²) in [5, 5.41) is 3.07. The lowest BCUT2D eigenvalue weighted by molar-refractivity contribution is -0.133. The molecule has 1 aromatic carbocycles. The Kier molecular flexibility index (Phi) is 3.94. The van der Waals surface area contributed by atoms with Crippen molar-refractivity contribution in [3.63, 3.8) is 0 Å². The van der Waals surface area contributed by atoms with Crippen molar-refractivity contribution < 1.29 is 9.59 Å². The van der Waals surface area contributed by atoms with Crippen LogP contribution < -0.4 is 5.32 Å². The van der Waals surface area contributed by atoms with E-state index >= 15 is 0 Å². The van der Waals surface area contributed by atoms with E-state index in [9.17, 15) is 9.59 Å². The molecule has 3 amide bonds. The van der Waals surface area contributed by atoms with Gasteiger partial charge in [-0.05, 0) is 37.7 Å². The molecular weight excluding hydrogens is 302 g/mol. The number of urea groups is 1. The molecule has 2 heterocycles. The monoisotopic (exact) mass is 327 g/mol. The Hall–Kier alpha value is -2.04. The lowest BCUT2D eigenvalue weighted by Crippen LogP contribution is -2.55. The molecule has 1 spiro atoms. The van der Waals surface area contributed by atoms with E-state index in [1.54, 1.807) is 0 Å². The van der Waals surface area contributed by atoms with Crippen LogP contribution in [0.15, 0.2) is 30.3 Å². The second-order valence-corrected chi connectivity index (χ2v) is 7.40. The summed E-state index contributed by atoms with van der Waals surface area (Å²) in [6.07, 6.45) is 5.58. The third-order valence-corrected chi connectivity index (χ3v) is 5.75. The van der Waals surface area contributed by atoms with E-state index in [1.165, 1.54) is 5.56 Å². The highest BCUT2D eigenvalue weighted by Gasteiger charge is 2.47. The Balaban J connectivity index is 1.42. The number of carbonyl (C=O) groups excluding carboxylic acids is 2. The van der Waals surface area contributed by atoms with E-state index in [0.29, 0.717) is 19.0 Å². The van der Waals surface area contributed by atoms with E-state index in [1.807, 2.05) is 23.1 Å². The molecule has 2 aliphatic heterocycles. The molecule has 128 valence electrons. The van der Waals surface area contributed by atoms with Crippen LogP contribution in [0.2, 0.25) is 0 Å². The molecule has 5 nitrogen and oxygen atoms in total. The molecule has 1 aliphatic carbocycles. The largest absolute Gasteiger partial charge is 0.335 e. The van der Waals surface area contributed by atoms with Gasteiger partial charge in [0.15, 0.2) is 0 Å². The van der Waals surface area contributed by atoms with Crippen molar-refractivity contribution in [2.24, 2.45) is 0 Å². The van der Waals surface area contributed by atoms with Gasteiger partial charge < -0.3 is 15.1 Å². The third kappa shape index (κ3) is 2.99. The van der Waals surface area contributed by atoms with Crippen LogP contribution in [0.1, 0.15) is 44.1 Å². The number of carbonyl (C=O) groups is 2. The molecular formula is C19H25N3O2. The van der Waals surface area contributed by atoms with Gasteiger partial charge in [0.25, 0.3) is 0 Å². The van der Waals surface area contributed by atoms with Gasteiger partial charge in [-0.3, -0.25) is 4.79 Å². The lowest BCUT2D eigenvalue weighted by Gasteiger charge is -2.45. The topological polar surface area (TPSA) is 52.7 Å². The van der Waals surface area contributed by atoms with Gasteiger partial charge in [-0.25, -0.2) is 4.79 Å². The Bertz CT molecular complexity index is 619. The molecule has 0 aromatic heterocycles. The zero-order valence-electron chi connectivity index (χ0n) is 14.0. The van der Waals surface area contributed by atoms with Crippen LogP contribution in [0.3, 0.4) is 0 Å². The molecule has 3 aliphatic rings. The van der Waals surface area contributed by atoms with Crippen molar-refractivity contribution in [2.75, 3.05) is 13.1 Å². The zero-order valence-corrected chi connectivity index (χ0v) is 14.0. The maximum Gasteiger partial charge on any atom is 0.317 e. The van der Waals surface area contributed by atoms with Gasteiger partial charge in [-0.1, -0.05) is 30.3 Å². The Morgan fingerprint density at radius 2 is 1.83 bits per heavy atom. The summed E-state index contributed by atoms with van der Waals surface area (Å²) in [5.74, 6) is 0.259. The average molecular weight is 327 g/mol. The maximum absolute atomic E-state index is 12.5. The first-order chi connectivity index (χ1) is 11.7. The van der Waals surface area contributed by atoms with Gasteiger partial charge in [-0.2, -0.15) is 0 Å². The van der Waals surface area contributed by atoms with E-state index in [2.05, 4.69) is 22.3 Å². The van der Waals surface area contributed by atoms with E-state index in [-0.39, 0.29) is 17.5 Å². The highest BCUT2D eigenvalue weighted by atomic mass is 16.2. The summed E-state index contributed by atoms with van der Waals surface area (Å²) in [6, 6.07) is 10.7. The first-order valence-electron chi connectivity index (χ1n) is 9.06. The summed E-state index contributed by atoms with van der Waals surface area (Å²) < 4.78 is 0. The molecule has 24 heavy (non-hydrogen) atoms. The minimum absolute atomic E-state index is 0.0523. The molecule has 0 radical (unpaired) electrons. The quantitative estimate of drug-likeness (QED) is 0.927. The number of nitrogens with one attached hydrogen (secondary N) is 1. The van der Waals surface area contributed by atoms with Crippen molar-refractivity contribution >= 4 is 11.9 Å². The van der Waals surface area contributed by atoms with Gasteiger partial charge in [0, 0.05) is 37.6 Å². The third-order valence-electron chi connectivity index (χ3n) is 5.75. The molecule has 2 saturated heterocycles. The molecule has 1 saturated carbocycles. The average Bonchev–Trinajstić information content (AvgIpc) is 3.38. The van der Waals surface area contributed by atoms with Gasteiger partial charge >= 0.3 is 6.03 Å². The predicted molar refractivity (Wildman–Crippen MR) is 91.3 cm³/mol. The van der Waals surface area contributed by atoms with Gasteiger partial charge in [0.1, 0.15) is 0 Å².